The third-order valence-electron chi connectivity index (χ3n) is 0.639. The van der Waals surface area contributed by atoms with Gasteiger partial charge in [0.25, 0.3) is 0 Å². The third kappa shape index (κ3) is 4.81. The molecule has 0 saturated carbocycles. The highest BCUT2D eigenvalue weighted by Gasteiger charge is 2.03. The molecule has 0 aliphatic rings. The summed E-state index contributed by atoms with van der Waals surface area (Å²) < 4.78 is 12.6. The highest BCUT2D eigenvalue weighted by Crippen LogP contribution is 1.97. The molecule has 0 saturated heterocycles. The molecule has 0 fully saturated rings. The fourth-order valence-electron chi connectivity index (χ4n) is 0.217. The van der Waals surface area contributed by atoms with Crippen molar-refractivity contribution >= 4 is 19.4 Å². The minimum atomic E-state index is -1.18. The summed E-state index contributed by atoms with van der Waals surface area (Å²) in [6.45, 7) is 1.80. The standard InChI is InChI=1S/C3H10NO2PS/c1-2-3(5)4-8(6)7/h3-5H,2,7H2,1H3/t3-,8?/m1/s1. The number of rotatable bonds is 3. The molecule has 0 heterocycles. The average Bonchev–Trinajstić information content (AvgIpc) is 1.65. The van der Waals surface area contributed by atoms with E-state index in [1.165, 1.54) is 0 Å². The Morgan fingerprint density at radius 2 is 2.50 bits per heavy atom. The van der Waals surface area contributed by atoms with Gasteiger partial charge in [0, 0.05) is 0 Å². The van der Waals surface area contributed by atoms with Crippen LogP contribution in [0.4, 0.5) is 0 Å². The van der Waals surface area contributed by atoms with Gasteiger partial charge in [-0.1, -0.05) is 6.92 Å². The Balaban J connectivity index is 3.10. The van der Waals surface area contributed by atoms with Gasteiger partial charge in [0.15, 0.2) is 0 Å². The zero-order chi connectivity index (χ0) is 6.57. The number of hydrogen-bond donors (Lipinski definition) is 2. The second-order valence-corrected chi connectivity index (χ2v) is 3.45. The summed E-state index contributed by atoms with van der Waals surface area (Å²) in [5.41, 5.74) is 0. The lowest BCUT2D eigenvalue weighted by Crippen LogP contribution is -2.30. The second-order valence-electron chi connectivity index (χ2n) is 1.34. The topological polar surface area (TPSA) is 55.3 Å². The van der Waals surface area contributed by atoms with Crippen molar-refractivity contribution in [3.05, 3.63) is 0 Å². The van der Waals surface area contributed by atoms with E-state index in [0.717, 1.165) is 0 Å². The van der Waals surface area contributed by atoms with Gasteiger partial charge in [0.2, 0.25) is 0 Å². The quantitative estimate of drug-likeness (QED) is 0.336. The first-order valence-electron chi connectivity index (χ1n) is 2.27. The van der Waals surface area contributed by atoms with Crippen LogP contribution in [0.15, 0.2) is 0 Å². The molecule has 8 heavy (non-hydrogen) atoms. The van der Waals surface area contributed by atoms with Crippen LogP contribution in [0.3, 0.4) is 0 Å². The molecule has 2 unspecified atom stereocenters. The molecule has 50 valence electrons. The minimum Gasteiger partial charge on any atom is -0.597 e. The SMILES string of the molecule is CC[C@@H](O)N[S+]([O-])P. The molecule has 5 heteroatoms. The van der Waals surface area contributed by atoms with E-state index in [1.54, 1.807) is 6.92 Å². The van der Waals surface area contributed by atoms with Gasteiger partial charge < -0.3 is 9.66 Å². The van der Waals surface area contributed by atoms with Crippen LogP contribution in [-0.2, 0) is 11.0 Å². The lowest BCUT2D eigenvalue weighted by atomic mass is 10.5. The largest absolute Gasteiger partial charge is 0.597 e. The van der Waals surface area contributed by atoms with Crippen LogP contribution in [-0.4, -0.2) is 15.9 Å². The molecule has 0 aromatic heterocycles. The molecule has 0 amide bonds. The van der Waals surface area contributed by atoms with Crippen LogP contribution in [0.2, 0.25) is 0 Å². The highest BCUT2D eigenvalue weighted by molar-refractivity contribution is 8.36. The fraction of sp³-hybridized carbons (Fsp3) is 1.00. The lowest BCUT2D eigenvalue weighted by Gasteiger charge is -2.08. The highest BCUT2D eigenvalue weighted by atomic mass is 32.7. The number of aliphatic hydroxyl groups is 1. The molecule has 3 atom stereocenters. The smallest absolute Gasteiger partial charge is 0.146 e. The Kier molecular flexibility index (Phi) is 4.90. The normalized spacial score (nSPS) is 18.0. The number of hydrogen-bond acceptors (Lipinski definition) is 3. The Morgan fingerprint density at radius 1 is 2.00 bits per heavy atom. The maximum Gasteiger partial charge on any atom is 0.146 e. The van der Waals surface area contributed by atoms with Crippen molar-refractivity contribution < 1.29 is 9.66 Å². The summed E-state index contributed by atoms with van der Waals surface area (Å²) >= 11 is 0. The Hall–Kier alpha value is 0.660. The van der Waals surface area contributed by atoms with Gasteiger partial charge >= 0.3 is 0 Å². The summed E-state index contributed by atoms with van der Waals surface area (Å²) in [7, 11) is 0.854. The van der Waals surface area contributed by atoms with E-state index in [0.29, 0.717) is 6.42 Å². The molecular formula is C3H10NO2PS. The van der Waals surface area contributed by atoms with Crippen molar-refractivity contribution in [3.8, 4) is 0 Å². The maximum absolute atomic E-state index is 10.2. The zero-order valence-corrected chi connectivity index (χ0v) is 6.60. The predicted octanol–water partition coefficient (Wildman–Crippen LogP) is -0.242. The lowest BCUT2D eigenvalue weighted by molar-refractivity contribution is 0.160. The van der Waals surface area contributed by atoms with Gasteiger partial charge in [-0.2, -0.15) is 0 Å². The van der Waals surface area contributed by atoms with E-state index in [4.69, 9.17) is 5.11 Å². The number of nitrogens with one attached hydrogen (secondary N) is 1. The van der Waals surface area contributed by atoms with Crippen LogP contribution in [0.5, 0.6) is 0 Å². The monoisotopic (exact) mass is 155 g/mol. The molecule has 0 spiro atoms. The van der Waals surface area contributed by atoms with Gasteiger partial charge in [0.1, 0.15) is 14.7 Å². The minimum absolute atomic E-state index is 0.570. The van der Waals surface area contributed by atoms with E-state index in [1.807, 2.05) is 8.44 Å². The van der Waals surface area contributed by atoms with Crippen molar-refractivity contribution in [2.45, 2.75) is 19.6 Å². The van der Waals surface area contributed by atoms with Gasteiger partial charge in [-0.25, -0.2) is 0 Å². The van der Waals surface area contributed by atoms with Gasteiger partial charge in [-0.15, -0.1) is 4.72 Å². The van der Waals surface area contributed by atoms with E-state index in [9.17, 15) is 4.55 Å². The van der Waals surface area contributed by atoms with E-state index in [2.05, 4.69) is 4.72 Å². The van der Waals surface area contributed by atoms with Gasteiger partial charge in [0.05, 0.1) is 11.0 Å². The van der Waals surface area contributed by atoms with Crippen LogP contribution >= 0.6 is 8.44 Å². The first-order valence-corrected chi connectivity index (χ1v) is 4.90. The van der Waals surface area contributed by atoms with Crippen molar-refractivity contribution in [2.24, 2.45) is 0 Å². The van der Waals surface area contributed by atoms with Crippen molar-refractivity contribution in [2.75, 3.05) is 0 Å². The van der Waals surface area contributed by atoms with E-state index < -0.39 is 17.2 Å². The first-order chi connectivity index (χ1) is 3.66. The molecule has 0 rings (SSSR count). The van der Waals surface area contributed by atoms with Crippen molar-refractivity contribution in [3.63, 3.8) is 0 Å². The third-order valence-corrected chi connectivity index (χ3v) is 1.55. The zero-order valence-electron chi connectivity index (χ0n) is 4.63. The van der Waals surface area contributed by atoms with Crippen LogP contribution in [0, 0.1) is 0 Å². The van der Waals surface area contributed by atoms with Crippen LogP contribution < -0.4 is 4.72 Å². The Labute approximate surface area is 54.1 Å². The second kappa shape index (κ2) is 4.53. The molecular weight excluding hydrogens is 145 g/mol. The van der Waals surface area contributed by atoms with Gasteiger partial charge in [-0.3, -0.25) is 0 Å². The van der Waals surface area contributed by atoms with Crippen LogP contribution in [0.1, 0.15) is 13.3 Å². The summed E-state index contributed by atoms with van der Waals surface area (Å²) in [5.74, 6) is 0. The number of aliphatic hydroxyl groups excluding tert-OH is 1. The Morgan fingerprint density at radius 3 is 2.62 bits per heavy atom. The molecule has 0 aliphatic carbocycles. The molecule has 0 aliphatic heterocycles. The predicted molar refractivity (Wildman–Crippen MR) is 37.3 cm³/mol. The van der Waals surface area contributed by atoms with Gasteiger partial charge in [-0.05, 0) is 6.42 Å². The molecule has 0 aromatic carbocycles. The van der Waals surface area contributed by atoms with E-state index >= 15 is 0 Å². The molecule has 2 N–H and O–H groups in total. The first kappa shape index (κ1) is 8.66. The molecule has 0 aromatic rings. The summed E-state index contributed by atoms with van der Waals surface area (Å²) in [6.07, 6.45) is -0.0755. The average molecular weight is 155 g/mol. The summed E-state index contributed by atoms with van der Waals surface area (Å²) in [4.78, 5) is 0. The Bertz CT molecular complexity index is 63.2. The molecule has 0 radical (unpaired) electrons. The van der Waals surface area contributed by atoms with Crippen LogP contribution in [0.25, 0.3) is 0 Å². The van der Waals surface area contributed by atoms with Crippen molar-refractivity contribution in [1.29, 1.82) is 0 Å². The molecule has 3 nitrogen and oxygen atoms in total. The maximum atomic E-state index is 10.2. The summed E-state index contributed by atoms with van der Waals surface area (Å²) in [6, 6.07) is 0. The summed E-state index contributed by atoms with van der Waals surface area (Å²) in [5, 5.41) is 8.71. The van der Waals surface area contributed by atoms with Crippen molar-refractivity contribution in [1.82, 2.24) is 4.72 Å². The fourth-order valence-corrected chi connectivity index (χ4v) is 1.12. The molecule has 0 bridgehead atoms. The van der Waals surface area contributed by atoms with E-state index in [-0.39, 0.29) is 0 Å².